The Morgan fingerprint density at radius 3 is 2.62 bits per heavy atom. The Labute approximate surface area is 104 Å². The Hall–Kier alpha value is -0.940. The van der Waals surface area contributed by atoms with Crippen LogP contribution in [-0.4, -0.2) is 4.98 Å². The van der Waals surface area contributed by atoms with Gasteiger partial charge in [0, 0.05) is 15.5 Å². The van der Waals surface area contributed by atoms with Crippen molar-refractivity contribution in [3.05, 3.63) is 33.4 Å². The summed E-state index contributed by atoms with van der Waals surface area (Å²) >= 11 is 9.17. The van der Waals surface area contributed by atoms with Crippen molar-refractivity contribution in [2.45, 2.75) is 6.43 Å². The Morgan fingerprint density at radius 1 is 1.31 bits per heavy atom. The van der Waals surface area contributed by atoms with Crippen molar-refractivity contribution in [1.82, 2.24) is 4.98 Å². The van der Waals surface area contributed by atoms with E-state index in [1.165, 1.54) is 0 Å². The molecule has 84 valence electrons. The lowest BCUT2D eigenvalue weighted by Crippen LogP contribution is -1.96. The third-order valence-electron chi connectivity index (χ3n) is 2.11. The van der Waals surface area contributed by atoms with Crippen LogP contribution in [-0.2, 0) is 0 Å². The second-order valence-corrected chi connectivity index (χ2v) is 4.54. The van der Waals surface area contributed by atoms with E-state index in [-0.39, 0.29) is 11.4 Å². The molecule has 0 bridgehead atoms. The van der Waals surface area contributed by atoms with Crippen LogP contribution >= 0.6 is 27.5 Å². The number of aromatic nitrogens is 1. The van der Waals surface area contributed by atoms with Gasteiger partial charge in [0.1, 0.15) is 5.69 Å². The molecule has 0 fully saturated rings. The normalized spacial score (nSPS) is 11.3. The molecule has 0 aliphatic rings. The van der Waals surface area contributed by atoms with Gasteiger partial charge in [-0.25, -0.2) is 13.8 Å². The maximum Gasteiger partial charge on any atom is 0.280 e. The maximum absolute atomic E-state index is 12.5. The van der Waals surface area contributed by atoms with E-state index >= 15 is 0 Å². The first-order chi connectivity index (χ1) is 7.49. The third-order valence-corrected chi connectivity index (χ3v) is 2.85. The van der Waals surface area contributed by atoms with Gasteiger partial charge in [-0.05, 0) is 18.2 Å². The van der Waals surface area contributed by atoms with Crippen molar-refractivity contribution < 1.29 is 8.78 Å². The van der Waals surface area contributed by atoms with Crippen molar-refractivity contribution >= 4 is 44.1 Å². The first-order valence-corrected chi connectivity index (χ1v) is 5.49. The van der Waals surface area contributed by atoms with Crippen LogP contribution in [0, 0.1) is 0 Å². The molecule has 0 saturated heterocycles. The lowest BCUT2D eigenvalue weighted by Gasteiger charge is -2.07. The molecule has 2 rings (SSSR count). The molecule has 1 heterocycles. The Balaban J connectivity index is 2.82. The van der Waals surface area contributed by atoms with Crippen LogP contribution in [0.5, 0.6) is 0 Å². The van der Waals surface area contributed by atoms with E-state index in [1.807, 2.05) is 0 Å². The van der Waals surface area contributed by atoms with Gasteiger partial charge in [-0.2, -0.15) is 0 Å². The maximum atomic E-state index is 12.5. The predicted molar refractivity (Wildman–Crippen MR) is 63.8 cm³/mol. The Bertz CT molecular complexity index is 560. The number of nitrogens with two attached hydrogens (primary N) is 1. The monoisotopic (exact) mass is 306 g/mol. The van der Waals surface area contributed by atoms with Crippen molar-refractivity contribution in [1.29, 1.82) is 0 Å². The highest BCUT2D eigenvalue weighted by Gasteiger charge is 2.14. The van der Waals surface area contributed by atoms with Gasteiger partial charge in [-0.3, -0.25) is 0 Å². The summed E-state index contributed by atoms with van der Waals surface area (Å²) in [6.45, 7) is 0. The van der Waals surface area contributed by atoms with E-state index in [4.69, 9.17) is 17.3 Å². The molecule has 1 aromatic heterocycles. The Morgan fingerprint density at radius 2 is 2.00 bits per heavy atom. The molecular weight excluding hydrogens is 301 g/mol. The number of halogens is 4. The van der Waals surface area contributed by atoms with Gasteiger partial charge in [0.15, 0.2) is 0 Å². The molecule has 2 N–H and O–H groups in total. The number of benzene rings is 1. The van der Waals surface area contributed by atoms with Crippen LogP contribution in [0.4, 0.5) is 14.5 Å². The van der Waals surface area contributed by atoms with E-state index in [2.05, 4.69) is 20.9 Å². The number of nitrogen functional groups attached to an aromatic ring is 1. The summed E-state index contributed by atoms with van der Waals surface area (Å²) < 4.78 is 25.8. The van der Waals surface area contributed by atoms with Gasteiger partial charge in [-0.15, -0.1) is 0 Å². The minimum atomic E-state index is -2.66. The molecular formula is C10H6BrClF2N2. The number of pyridine rings is 1. The quantitative estimate of drug-likeness (QED) is 0.858. The van der Waals surface area contributed by atoms with Gasteiger partial charge in [0.2, 0.25) is 0 Å². The van der Waals surface area contributed by atoms with E-state index in [1.54, 1.807) is 12.1 Å². The van der Waals surface area contributed by atoms with Crippen LogP contribution in [0.3, 0.4) is 0 Å². The number of alkyl halides is 2. The Kier molecular flexibility index (Phi) is 2.99. The van der Waals surface area contributed by atoms with Crippen molar-refractivity contribution in [2.24, 2.45) is 0 Å². The van der Waals surface area contributed by atoms with Crippen LogP contribution in [0.1, 0.15) is 12.1 Å². The van der Waals surface area contributed by atoms with Crippen LogP contribution in [0.2, 0.25) is 5.02 Å². The van der Waals surface area contributed by atoms with Gasteiger partial charge < -0.3 is 5.73 Å². The molecule has 2 nitrogen and oxygen atoms in total. The van der Waals surface area contributed by atoms with Crippen molar-refractivity contribution in [3.63, 3.8) is 0 Å². The number of rotatable bonds is 1. The van der Waals surface area contributed by atoms with Crippen LogP contribution in [0.15, 0.2) is 22.7 Å². The fourth-order valence-corrected chi connectivity index (χ4v) is 2.26. The summed E-state index contributed by atoms with van der Waals surface area (Å²) in [7, 11) is 0. The van der Waals surface area contributed by atoms with Gasteiger partial charge in [0.05, 0.1) is 10.5 Å². The average molecular weight is 308 g/mol. The van der Waals surface area contributed by atoms with E-state index in [9.17, 15) is 8.78 Å². The first kappa shape index (κ1) is 11.5. The third kappa shape index (κ3) is 1.97. The minimum absolute atomic E-state index is 0.239. The predicted octanol–water partition coefficient (Wildman–Crippen LogP) is 4.17. The molecule has 0 amide bonds. The van der Waals surface area contributed by atoms with Crippen LogP contribution in [0.25, 0.3) is 10.9 Å². The second kappa shape index (κ2) is 4.14. The second-order valence-electron chi connectivity index (χ2n) is 3.22. The molecule has 16 heavy (non-hydrogen) atoms. The molecule has 1 aromatic carbocycles. The lowest BCUT2D eigenvalue weighted by atomic mass is 10.1. The zero-order valence-electron chi connectivity index (χ0n) is 7.85. The lowest BCUT2D eigenvalue weighted by molar-refractivity contribution is 0.146. The number of hydrogen-bond acceptors (Lipinski definition) is 2. The molecule has 0 atom stereocenters. The molecule has 0 radical (unpaired) electrons. The highest BCUT2D eigenvalue weighted by atomic mass is 79.9. The summed E-state index contributed by atoms with van der Waals surface area (Å²) in [6.07, 6.45) is -2.66. The number of fused-ring (bicyclic) bond motifs is 1. The number of hydrogen-bond donors (Lipinski definition) is 1. The van der Waals surface area contributed by atoms with E-state index < -0.39 is 6.43 Å². The highest BCUT2D eigenvalue weighted by molar-refractivity contribution is 9.10. The van der Waals surface area contributed by atoms with Crippen molar-refractivity contribution in [3.8, 4) is 0 Å². The standard InChI is InChI=1S/C10H6BrClF2N2/c11-4-1-5-7(15)3-8(10(13)14)16-9(5)6(12)2-4/h1-3,10H,(H2,15,16). The molecule has 0 unspecified atom stereocenters. The van der Waals surface area contributed by atoms with Gasteiger partial charge >= 0.3 is 0 Å². The molecule has 0 spiro atoms. The van der Waals surface area contributed by atoms with Gasteiger partial charge in [-0.1, -0.05) is 27.5 Å². The molecule has 0 saturated carbocycles. The summed E-state index contributed by atoms with van der Waals surface area (Å²) in [5.74, 6) is 0. The summed E-state index contributed by atoms with van der Waals surface area (Å²) in [6, 6.07) is 4.44. The average Bonchev–Trinajstić information content (AvgIpc) is 2.19. The van der Waals surface area contributed by atoms with E-state index in [0.717, 1.165) is 10.5 Å². The topological polar surface area (TPSA) is 38.9 Å². The smallest absolute Gasteiger partial charge is 0.280 e. The largest absolute Gasteiger partial charge is 0.398 e. The fourth-order valence-electron chi connectivity index (χ4n) is 1.41. The SMILES string of the molecule is Nc1cc(C(F)F)nc2c(Cl)cc(Br)cc12. The molecule has 0 aliphatic carbocycles. The fraction of sp³-hybridized carbons (Fsp3) is 0.100. The first-order valence-electron chi connectivity index (χ1n) is 4.32. The zero-order chi connectivity index (χ0) is 11.9. The zero-order valence-corrected chi connectivity index (χ0v) is 10.2. The molecule has 2 aromatic rings. The molecule has 0 aliphatic heterocycles. The van der Waals surface area contributed by atoms with Crippen molar-refractivity contribution in [2.75, 3.05) is 5.73 Å². The summed E-state index contributed by atoms with van der Waals surface area (Å²) in [5.41, 5.74) is 5.84. The van der Waals surface area contributed by atoms with E-state index in [0.29, 0.717) is 15.9 Å². The molecule has 6 heteroatoms. The summed E-state index contributed by atoms with van der Waals surface area (Å²) in [5, 5.41) is 0.849. The van der Waals surface area contributed by atoms with Gasteiger partial charge in [0.25, 0.3) is 6.43 Å². The minimum Gasteiger partial charge on any atom is -0.398 e. The summed E-state index contributed by atoms with van der Waals surface area (Å²) in [4.78, 5) is 3.79. The number of anilines is 1. The number of nitrogens with zero attached hydrogens (tertiary/aromatic N) is 1. The van der Waals surface area contributed by atoms with Crippen LogP contribution < -0.4 is 5.73 Å². The highest BCUT2D eigenvalue weighted by Crippen LogP contribution is 2.32.